The maximum absolute atomic E-state index is 8.89. The van der Waals surface area contributed by atoms with Gasteiger partial charge in [-0.05, 0) is 30.5 Å². The molecule has 3 heteroatoms. The molecule has 0 bridgehead atoms. The van der Waals surface area contributed by atoms with Gasteiger partial charge < -0.3 is 0 Å². The fourth-order valence-electron chi connectivity index (χ4n) is 2.63. The van der Waals surface area contributed by atoms with Crippen molar-refractivity contribution in [1.82, 2.24) is 4.98 Å². The average molecular weight is 327 g/mol. The van der Waals surface area contributed by atoms with Gasteiger partial charge in [-0.3, -0.25) is 0 Å². The third-order valence-corrected chi connectivity index (χ3v) is 4.33. The fourth-order valence-corrected chi connectivity index (χ4v) is 2.83. The SMILES string of the molecule is CCCCCCCCc1ccc(-c2ccc(C#N)c(Cl)n2)cc1. The number of aromatic nitrogens is 1. The number of benzene rings is 1. The molecule has 2 rings (SSSR count). The van der Waals surface area contributed by atoms with Gasteiger partial charge >= 0.3 is 0 Å². The summed E-state index contributed by atoms with van der Waals surface area (Å²) in [6, 6.07) is 14.1. The summed E-state index contributed by atoms with van der Waals surface area (Å²) in [5, 5.41) is 9.16. The lowest BCUT2D eigenvalue weighted by Crippen LogP contribution is -1.89. The van der Waals surface area contributed by atoms with Crippen LogP contribution in [-0.2, 0) is 6.42 Å². The van der Waals surface area contributed by atoms with Gasteiger partial charge in [-0.1, -0.05) is 74.9 Å². The number of halogens is 1. The molecule has 0 amide bonds. The van der Waals surface area contributed by atoms with Crippen molar-refractivity contribution in [3.05, 3.63) is 52.7 Å². The Labute approximate surface area is 144 Å². The largest absolute Gasteiger partial charge is 0.235 e. The Kier molecular flexibility index (Phi) is 7.10. The molecule has 0 radical (unpaired) electrons. The lowest BCUT2D eigenvalue weighted by molar-refractivity contribution is 0.607. The van der Waals surface area contributed by atoms with E-state index < -0.39 is 0 Å². The number of hydrogen-bond acceptors (Lipinski definition) is 2. The van der Waals surface area contributed by atoms with Crippen LogP contribution in [0.15, 0.2) is 36.4 Å². The van der Waals surface area contributed by atoms with Crippen molar-refractivity contribution >= 4 is 11.6 Å². The van der Waals surface area contributed by atoms with Crippen LogP contribution < -0.4 is 0 Å². The van der Waals surface area contributed by atoms with E-state index in [1.807, 2.05) is 12.1 Å². The van der Waals surface area contributed by atoms with Gasteiger partial charge in [0.05, 0.1) is 11.3 Å². The second kappa shape index (κ2) is 9.33. The standard InChI is InChI=1S/C20H23ClN2/c1-2-3-4-5-6-7-8-16-9-11-17(12-10-16)19-14-13-18(15-22)20(21)23-19/h9-14H,2-8H2,1H3. The molecule has 2 nitrogen and oxygen atoms in total. The van der Waals surface area contributed by atoms with E-state index in [2.05, 4.69) is 36.2 Å². The smallest absolute Gasteiger partial charge is 0.147 e. The molecule has 120 valence electrons. The van der Waals surface area contributed by atoms with Crippen LogP contribution in [0.25, 0.3) is 11.3 Å². The summed E-state index contributed by atoms with van der Waals surface area (Å²) < 4.78 is 0. The Hall–Kier alpha value is -1.85. The summed E-state index contributed by atoms with van der Waals surface area (Å²) >= 11 is 6.00. The van der Waals surface area contributed by atoms with Crippen LogP contribution in [-0.4, -0.2) is 4.98 Å². The molecule has 0 aliphatic rings. The van der Waals surface area contributed by atoms with E-state index in [9.17, 15) is 0 Å². The van der Waals surface area contributed by atoms with Crippen LogP contribution in [0.5, 0.6) is 0 Å². The van der Waals surface area contributed by atoms with Crippen LogP contribution >= 0.6 is 11.6 Å². The molecule has 0 N–H and O–H groups in total. The van der Waals surface area contributed by atoms with Crippen LogP contribution in [0.4, 0.5) is 0 Å². The zero-order valence-electron chi connectivity index (χ0n) is 13.7. The highest BCUT2D eigenvalue weighted by Gasteiger charge is 2.05. The second-order valence-corrected chi connectivity index (χ2v) is 6.22. The van der Waals surface area contributed by atoms with E-state index >= 15 is 0 Å². The quantitative estimate of drug-likeness (QED) is 0.429. The second-order valence-electron chi connectivity index (χ2n) is 5.86. The molecular formula is C20H23ClN2. The molecule has 0 aliphatic carbocycles. The number of pyridine rings is 1. The summed E-state index contributed by atoms with van der Waals surface area (Å²) in [6.45, 7) is 2.25. The van der Waals surface area contributed by atoms with E-state index in [1.165, 1.54) is 44.1 Å². The first kappa shape index (κ1) is 17.5. The van der Waals surface area contributed by atoms with E-state index in [-0.39, 0.29) is 5.15 Å². The van der Waals surface area contributed by atoms with Crippen molar-refractivity contribution in [2.24, 2.45) is 0 Å². The van der Waals surface area contributed by atoms with Crippen molar-refractivity contribution < 1.29 is 0 Å². The number of nitriles is 1. The molecule has 0 atom stereocenters. The zero-order valence-corrected chi connectivity index (χ0v) is 14.4. The maximum atomic E-state index is 8.89. The monoisotopic (exact) mass is 326 g/mol. The molecular weight excluding hydrogens is 304 g/mol. The van der Waals surface area contributed by atoms with Crippen LogP contribution in [0, 0.1) is 11.3 Å². The lowest BCUT2D eigenvalue weighted by atomic mass is 10.0. The van der Waals surface area contributed by atoms with Gasteiger partial charge in [0.2, 0.25) is 0 Å². The number of hydrogen-bond donors (Lipinski definition) is 0. The van der Waals surface area contributed by atoms with Crippen molar-refractivity contribution in [2.45, 2.75) is 51.9 Å². The third-order valence-electron chi connectivity index (χ3n) is 4.04. The normalized spacial score (nSPS) is 10.5. The Bertz CT molecular complexity index is 656. The predicted octanol–water partition coefficient (Wildman–Crippen LogP) is 6.18. The van der Waals surface area contributed by atoms with Gasteiger partial charge in [0.1, 0.15) is 11.2 Å². The summed E-state index contributed by atoms with van der Waals surface area (Å²) in [4.78, 5) is 4.29. The van der Waals surface area contributed by atoms with E-state index in [1.54, 1.807) is 6.07 Å². The van der Waals surface area contributed by atoms with E-state index in [0.717, 1.165) is 17.7 Å². The predicted molar refractivity (Wildman–Crippen MR) is 96.5 cm³/mol. The number of aryl methyl sites for hydroxylation is 1. The fraction of sp³-hybridized carbons (Fsp3) is 0.400. The highest BCUT2D eigenvalue weighted by molar-refractivity contribution is 6.30. The molecule has 0 aliphatic heterocycles. The van der Waals surface area contributed by atoms with Crippen LogP contribution in [0.3, 0.4) is 0 Å². The van der Waals surface area contributed by atoms with Crippen molar-refractivity contribution in [3.8, 4) is 17.3 Å². The topological polar surface area (TPSA) is 36.7 Å². The highest BCUT2D eigenvalue weighted by Crippen LogP contribution is 2.22. The van der Waals surface area contributed by atoms with Gasteiger partial charge in [0.25, 0.3) is 0 Å². The third kappa shape index (κ3) is 5.37. The molecule has 0 saturated heterocycles. The molecule has 1 aromatic heterocycles. The highest BCUT2D eigenvalue weighted by atomic mass is 35.5. The minimum atomic E-state index is 0.265. The molecule has 23 heavy (non-hydrogen) atoms. The summed E-state index contributed by atoms with van der Waals surface area (Å²) in [5.74, 6) is 0. The van der Waals surface area contributed by atoms with Gasteiger partial charge in [0.15, 0.2) is 0 Å². The molecule has 2 aromatic rings. The van der Waals surface area contributed by atoms with E-state index in [0.29, 0.717) is 5.56 Å². The number of unbranched alkanes of at least 4 members (excludes halogenated alkanes) is 5. The van der Waals surface area contributed by atoms with Crippen molar-refractivity contribution in [3.63, 3.8) is 0 Å². The minimum Gasteiger partial charge on any atom is -0.235 e. The average Bonchev–Trinajstić information content (AvgIpc) is 2.58. The first-order chi connectivity index (χ1) is 11.2. The molecule has 0 spiro atoms. The van der Waals surface area contributed by atoms with Gasteiger partial charge in [0, 0.05) is 5.56 Å². The molecule has 0 unspecified atom stereocenters. The van der Waals surface area contributed by atoms with E-state index in [4.69, 9.17) is 16.9 Å². The van der Waals surface area contributed by atoms with Crippen LogP contribution in [0.1, 0.15) is 56.6 Å². The van der Waals surface area contributed by atoms with Gasteiger partial charge in [-0.15, -0.1) is 0 Å². The Balaban J connectivity index is 1.89. The Morgan fingerprint density at radius 3 is 2.30 bits per heavy atom. The van der Waals surface area contributed by atoms with Crippen molar-refractivity contribution in [2.75, 3.05) is 0 Å². The molecule has 1 aromatic carbocycles. The van der Waals surface area contributed by atoms with Crippen LogP contribution in [0.2, 0.25) is 5.15 Å². The van der Waals surface area contributed by atoms with Crippen molar-refractivity contribution in [1.29, 1.82) is 5.26 Å². The maximum Gasteiger partial charge on any atom is 0.147 e. The van der Waals surface area contributed by atoms with Gasteiger partial charge in [-0.25, -0.2) is 4.98 Å². The Morgan fingerprint density at radius 1 is 0.957 bits per heavy atom. The summed E-state index contributed by atoms with van der Waals surface area (Å²) in [7, 11) is 0. The summed E-state index contributed by atoms with van der Waals surface area (Å²) in [5.41, 5.74) is 3.61. The first-order valence-electron chi connectivity index (χ1n) is 8.40. The molecule has 0 saturated carbocycles. The van der Waals surface area contributed by atoms with Gasteiger partial charge in [-0.2, -0.15) is 5.26 Å². The minimum absolute atomic E-state index is 0.265. The first-order valence-corrected chi connectivity index (χ1v) is 8.78. The zero-order chi connectivity index (χ0) is 16.5. The summed E-state index contributed by atoms with van der Waals surface area (Å²) in [6.07, 6.45) is 9.07. The number of nitrogens with zero attached hydrogens (tertiary/aromatic N) is 2. The molecule has 0 fully saturated rings. The lowest BCUT2D eigenvalue weighted by Gasteiger charge is -2.05. The Morgan fingerprint density at radius 2 is 1.65 bits per heavy atom. The number of rotatable bonds is 8. The molecule has 1 heterocycles.